The molecular weight excluding hydrogens is 309 g/mol. The van der Waals surface area contributed by atoms with Crippen LogP contribution in [0.5, 0.6) is 0 Å². The van der Waals surface area contributed by atoms with Gasteiger partial charge in [0.15, 0.2) is 0 Å². The Kier molecular flexibility index (Phi) is 4.97. The third-order valence-corrected chi connectivity index (χ3v) is 4.23. The maximum atomic E-state index is 12.5. The lowest BCUT2D eigenvalue weighted by Crippen LogP contribution is -2.32. The first-order valence-electron chi connectivity index (χ1n) is 7.42. The van der Waals surface area contributed by atoms with Crippen LogP contribution < -0.4 is 5.73 Å². The Labute approximate surface area is 132 Å². The van der Waals surface area contributed by atoms with Crippen LogP contribution in [0.3, 0.4) is 0 Å². The van der Waals surface area contributed by atoms with Gasteiger partial charge in [0.1, 0.15) is 0 Å². The van der Waals surface area contributed by atoms with Crippen molar-refractivity contribution in [3.63, 3.8) is 0 Å². The molecule has 2 amide bonds. The number of hydrogen-bond donors (Lipinski definition) is 1. The second-order valence-corrected chi connectivity index (χ2v) is 5.95. The molecule has 1 fully saturated rings. The zero-order chi connectivity index (χ0) is 17.2. The van der Waals surface area contributed by atoms with Crippen LogP contribution in [-0.4, -0.2) is 29.8 Å². The second kappa shape index (κ2) is 6.60. The highest BCUT2D eigenvalue weighted by atomic mass is 19.4. The minimum absolute atomic E-state index is 0.110. The summed E-state index contributed by atoms with van der Waals surface area (Å²) in [5, 5.41) is 0. The van der Waals surface area contributed by atoms with Crippen LogP contribution in [0.15, 0.2) is 24.3 Å². The van der Waals surface area contributed by atoms with Gasteiger partial charge in [0.05, 0.1) is 11.5 Å². The minimum atomic E-state index is -4.36. The molecule has 0 spiro atoms. The summed E-state index contributed by atoms with van der Waals surface area (Å²) in [4.78, 5) is 24.9. The number of likely N-dealkylation sites (tertiary alicyclic amines) is 1. The Bertz CT molecular complexity index is 584. The number of amides is 2. The predicted molar refractivity (Wildman–Crippen MR) is 78.4 cm³/mol. The smallest absolute Gasteiger partial charge is 0.369 e. The SMILES string of the molecule is C[C@@H](CC(=O)N1CC[C@@H](C(N)=O)C1)c1ccc(C(F)(F)F)cc1. The van der Waals surface area contributed by atoms with E-state index in [1.807, 2.05) is 0 Å². The fourth-order valence-electron chi connectivity index (χ4n) is 2.73. The van der Waals surface area contributed by atoms with E-state index in [1.54, 1.807) is 11.8 Å². The van der Waals surface area contributed by atoms with E-state index in [9.17, 15) is 22.8 Å². The van der Waals surface area contributed by atoms with Crippen LogP contribution in [0, 0.1) is 5.92 Å². The van der Waals surface area contributed by atoms with Crippen LogP contribution in [0.2, 0.25) is 0 Å². The lowest BCUT2D eigenvalue weighted by atomic mass is 9.96. The highest BCUT2D eigenvalue weighted by molar-refractivity contribution is 5.81. The van der Waals surface area contributed by atoms with Crippen molar-refractivity contribution in [2.45, 2.75) is 31.9 Å². The molecule has 1 aliphatic heterocycles. The minimum Gasteiger partial charge on any atom is -0.369 e. The van der Waals surface area contributed by atoms with E-state index in [0.717, 1.165) is 12.1 Å². The number of carbonyl (C=O) groups excluding carboxylic acids is 2. The quantitative estimate of drug-likeness (QED) is 0.923. The van der Waals surface area contributed by atoms with Crippen molar-refractivity contribution in [1.82, 2.24) is 4.90 Å². The summed E-state index contributed by atoms with van der Waals surface area (Å²) < 4.78 is 37.6. The first-order valence-corrected chi connectivity index (χ1v) is 7.42. The number of hydrogen-bond acceptors (Lipinski definition) is 2. The molecule has 0 radical (unpaired) electrons. The van der Waals surface area contributed by atoms with Gasteiger partial charge < -0.3 is 10.6 Å². The second-order valence-electron chi connectivity index (χ2n) is 5.95. The van der Waals surface area contributed by atoms with Gasteiger partial charge in [-0.2, -0.15) is 13.2 Å². The molecule has 0 aromatic heterocycles. The number of rotatable bonds is 4. The molecule has 0 aliphatic carbocycles. The molecular formula is C16H19F3N2O2. The van der Waals surface area contributed by atoms with Crippen LogP contribution in [-0.2, 0) is 15.8 Å². The number of halogens is 3. The number of primary amides is 1. The van der Waals surface area contributed by atoms with Crippen molar-refractivity contribution < 1.29 is 22.8 Å². The topological polar surface area (TPSA) is 63.4 Å². The van der Waals surface area contributed by atoms with Crippen molar-refractivity contribution in [3.05, 3.63) is 35.4 Å². The van der Waals surface area contributed by atoms with Crippen LogP contribution in [0.4, 0.5) is 13.2 Å². The summed E-state index contributed by atoms with van der Waals surface area (Å²) in [5.41, 5.74) is 5.21. The summed E-state index contributed by atoms with van der Waals surface area (Å²) in [7, 11) is 0. The maximum Gasteiger partial charge on any atom is 0.416 e. The van der Waals surface area contributed by atoms with Crippen molar-refractivity contribution in [1.29, 1.82) is 0 Å². The zero-order valence-electron chi connectivity index (χ0n) is 12.8. The maximum absolute atomic E-state index is 12.5. The first-order chi connectivity index (χ1) is 10.7. The van der Waals surface area contributed by atoms with E-state index in [0.29, 0.717) is 25.1 Å². The van der Waals surface area contributed by atoms with E-state index < -0.39 is 17.6 Å². The Morgan fingerprint density at radius 3 is 2.39 bits per heavy atom. The van der Waals surface area contributed by atoms with Gasteiger partial charge in [0, 0.05) is 19.5 Å². The normalized spacial score (nSPS) is 19.7. The molecule has 2 N–H and O–H groups in total. The standard InChI is InChI=1S/C16H19F3N2O2/c1-10(11-2-4-13(5-3-11)16(17,18)19)8-14(22)21-7-6-12(9-21)15(20)23/h2-5,10,12H,6-9H2,1H3,(H2,20,23)/t10-,12+/m0/s1. The fraction of sp³-hybridized carbons (Fsp3) is 0.500. The molecule has 1 heterocycles. The van der Waals surface area contributed by atoms with E-state index in [1.165, 1.54) is 12.1 Å². The lowest BCUT2D eigenvalue weighted by molar-refractivity contribution is -0.137. The molecule has 23 heavy (non-hydrogen) atoms. The Morgan fingerprint density at radius 2 is 1.91 bits per heavy atom. The molecule has 1 aromatic rings. The van der Waals surface area contributed by atoms with Crippen molar-refractivity contribution in [2.75, 3.05) is 13.1 Å². The van der Waals surface area contributed by atoms with Gasteiger partial charge in [-0.15, -0.1) is 0 Å². The number of nitrogens with zero attached hydrogens (tertiary/aromatic N) is 1. The van der Waals surface area contributed by atoms with E-state index in [-0.39, 0.29) is 24.2 Å². The molecule has 4 nitrogen and oxygen atoms in total. The van der Waals surface area contributed by atoms with Gasteiger partial charge in [-0.05, 0) is 30.0 Å². The van der Waals surface area contributed by atoms with Crippen molar-refractivity contribution in [3.8, 4) is 0 Å². The third kappa shape index (κ3) is 4.24. The van der Waals surface area contributed by atoms with Gasteiger partial charge in [-0.25, -0.2) is 0 Å². The third-order valence-electron chi connectivity index (χ3n) is 4.23. The number of benzene rings is 1. The lowest BCUT2D eigenvalue weighted by Gasteiger charge is -2.19. The van der Waals surface area contributed by atoms with Crippen LogP contribution in [0.1, 0.15) is 36.8 Å². The molecule has 126 valence electrons. The van der Waals surface area contributed by atoms with Gasteiger partial charge in [0.2, 0.25) is 11.8 Å². The molecule has 1 aliphatic rings. The summed E-state index contributed by atoms with van der Waals surface area (Å²) in [6.45, 7) is 2.61. The van der Waals surface area contributed by atoms with Gasteiger partial charge in [-0.1, -0.05) is 19.1 Å². The molecule has 7 heteroatoms. The molecule has 1 saturated heterocycles. The summed E-state index contributed by atoms with van der Waals surface area (Å²) in [6, 6.07) is 4.85. The van der Waals surface area contributed by atoms with Gasteiger partial charge in [0.25, 0.3) is 0 Å². The van der Waals surface area contributed by atoms with E-state index in [4.69, 9.17) is 5.73 Å². The zero-order valence-corrected chi connectivity index (χ0v) is 12.8. The monoisotopic (exact) mass is 328 g/mol. The van der Waals surface area contributed by atoms with E-state index in [2.05, 4.69) is 0 Å². The van der Waals surface area contributed by atoms with Gasteiger partial charge in [-0.3, -0.25) is 9.59 Å². The fourth-order valence-corrected chi connectivity index (χ4v) is 2.73. The molecule has 2 atom stereocenters. The Hall–Kier alpha value is -2.05. The van der Waals surface area contributed by atoms with Crippen molar-refractivity contribution >= 4 is 11.8 Å². The average molecular weight is 328 g/mol. The van der Waals surface area contributed by atoms with Crippen molar-refractivity contribution in [2.24, 2.45) is 11.7 Å². The predicted octanol–water partition coefficient (Wildman–Crippen LogP) is 2.53. The average Bonchev–Trinajstić information content (AvgIpc) is 2.96. The highest BCUT2D eigenvalue weighted by Crippen LogP contribution is 2.31. The number of alkyl halides is 3. The summed E-state index contributed by atoms with van der Waals surface area (Å²) >= 11 is 0. The Balaban J connectivity index is 1.95. The first kappa shape index (κ1) is 17.3. The molecule has 2 rings (SSSR count). The molecule has 0 bridgehead atoms. The molecule has 0 unspecified atom stereocenters. The van der Waals surface area contributed by atoms with Crippen LogP contribution in [0.25, 0.3) is 0 Å². The van der Waals surface area contributed by atoms with E-state index >= 15 is 0 Å². The number of nitrogens with two attached hydrogens (primary N) is 1. The number of carbonyl (C=O) groups is 2. The summed E-state index contributed by atoms with van der Waals surface area (Å²) in [6.07, 6.45) is -3.61. The summed E-state index contributed by atoms with van der Waals surface area (Å²) in [5.74, 6) is -1.02. The van der Waals surface area contributed by atoms with Gasteiger partial charge >= 0.3 is 6.18 Å². The Morgan fingerprint density at radius 1 is 1.30 bits per heavy atom. The molecule has 0 saturated carbocycles. The highest BCUT2D eigenvalue weighted by Gasteiger charge is 2.31. The van der Waals surface area contributed by atoms with Crippen LogP contribution >= 0.6 is 0 Å². The molecule has 1 aromatic carbocycles. The largest absolute Gasteiger partial charge is 0.416 e.